The molecule has 1 aliphatic carbocycles. The maximum atomic E-state index is 12.7. The normalized spacial score (nSPS) is 26.3. The van der Waals surface area contributed by atoms with E-state index in [-0.39, 0.29) is 18.2 Å². The number of nitrogens with zero attached hydrogens (tertiary/aromatic N) is 1. The van der Waals surface area contributed by atoms with Gasteiger partial charge in [-0.25, -0.2) is 4.79 Å². The van der Waals surface area contributed by atoms with Gasteiger partial charge in [0.25, 0.3) is 0 Å². The largest absolute Gasteiger partial charge is 0.480 e. The van der Waals surface area contributed by atoms with Crippen LogP contribution in [0.3, 0.4) is 0 Å². The Balaban J connectivity index is 1.72. The van der Waals surface area contributed by atoms with E-state index in [4.69, 9.17) is 4.74 Å². The van der Waals surface area contributed by atoms with Gasteiger partial charge in [-0.15, -0.1) is 0 Å². The molecule has 0 aromatic heterocycles. The van der Waals surface area contributed by atoms with Crippen molar-refractivity contribution >= 4 is 11.9 Å². The molecule has 1 amide bonds. The highest BCUT2D eigenvalue weighted by atomic mass is 16.5. The zero-order valence-electron chi connectivity index (χ0n) is 13.4. The van der Waals surface area contributed by atoms with Crippen molar-refractivity contribution in [2.45, 2.75) is 38.3 Å². The number of fused-ring (bicyclic) bond motifs is 1. The van der Waals surface area contributed by atoms with Crippen LogP contribution in [0.5, 0.6) is 0 Å². The second kappa shape index (κ2) is 6.71. The van der Waals surface area contributed by atoms with Crippen LogP contribution in [-0.2, 0) is 27.4 Å². The Bertz CT molecular complexity index is 600. The fourth-order valence-electron chi connectivity index (χ4n) is 4.15. The molecule has 0 radical (unpaired) electrons. The van der Waals surface area contributed by atoms with Gasteiger partial charge in [0.2, 0.25) is 5.91 Å². The van der Waals surface area contributed by atoms with E-state index in [1.54, 1.807) is 12.0 Å². The number of rotatable bonds is 5. The second-order valence-corrected chi connectivity index (χ2v) is 6.61. The fourth-order valence-corrected chi connectivity index (χ4v) is 4.15. The molecule has 2 aliphatic rings. The van der Waals surface area contributed by atoms with Crippen LogP contribution >= 0.6 is 0 Å². The van der Waals surface area contributed by atoms with Crippen molar-refractivity contribution in [2.24, 2.45) is 11.8 Å². The van der Waals surface area contributed by atoms with E-state index in [1.165, 1.54) is 0 Å². The number of hydrogen-bond donors (Lipinski definition) is 1. The van der Waals surface area contributed by atoms with Crippen LogP contribution in [0.25, 0.3) is 0 Å². The number of carboxylic acid groups (broad SMARTS) is 1. The molecule has 124 valence electrons. The van der Waals surface area contributed by atoms with Crippen LogP contribution in [-0.4, -0.2) is 41.6 Å². The monoisotopic (exact) mass is 317 g/mol. The molecule has 3 atom stereocenters. The number of ether oxygens (including phenoxy) is 1. The van der Waals surface area contributed by atoms with E-state index >= 15 is 0 Å². The minimum atomic E-state index is -0.860. The molecule has 1 aromatic rings. The van der Waals surface area contributed by atoms with Gasteiger partial charge in [-0.05, 0) is 35.8 Å². The summed E-state index contributed by atoms with van der Waals surface area (Å²) in [5, 5.41) is 9.55. The van der Waals surface area contributed by atoms with Crippen LogP contribution in [0.15, 0.2) is 24.3 Å². The Hall–Kier alpha value is -1.88. The summed E-state index contributed by atoms with van der Waals surface area (Å²) < 4.78 is 5.11. The molecule has 1 heterocycles. The van der Waals surface area contributed by atoms with E-state index in [0.717, 1.165) is 30.4 Å². The Morgan fingerprint density at radius 2 is 2.09 bits per heavy atom. The summed E-state index contributed by atoms with van der Waals surface area (Å²) >= 11 is 0. The van der Waals surface area contributed by atoms with Gasteiger partial charge >= 0.3 is 5.97 Å². The highest BCUT2D eigenvalue weighted by molar-refractivity contribution is 5.86. The Morgan fingerprint density at radius 1 is 1.30 bits per heavy atom. The fraction of sp³-hybridized carbons (Fsp3) is 0.556. The summed E-state index contributed by atoms with van der Waals surface area (Å²) in [6, 6.07) is 7.08. The van der Waals surface area contributed by atoms with E-state index in [0.29, 0.717) is 19.1 Å². The molecule has 0 bridgehead atoms. The molecular formula is C18H23NO4. The van der Waals surface area contributed by atoms with Crippen molar-refractivity contribution in [1.29, 1.82) is 0 Å². The lowest BCUT2D eigenvalue weighted by molar-refractivity contribution is -0.149. The molecule has 0 spiro atoms. The van der Waals surface area contributed by atoms with Crippen molar-refractivity contribution in [3.63, 3.8) is 0 Å². The number of aliphatic carboxylic acids is 1. The van der Waals surface area contributed by atoms with Gasteiger partial charge in [0.05, 0.1) is 13.0 Å². The molecule has 5 heteroatoms. The number of carbonyl (C=O) groups excluding carboxylic acids is 1. The first-order chi connectivity index (χ1) is 11.1. The molecule has 1 aliphatic heterocycles. The lowest BCUT2D eigenvalue weighted by Crippen LogP contribution is -2.43. The van der Waals surface area contributed by atoms with Gasteiger partial charge in [-0.2, -0.15) is 0 Å². The Labute approximate surface area is 136 Å². The minimum Gasteiger partial charge on any atom is -0.480 e. The summed E-state index contributed by atoms with van der Waals surface area (Å²) in [4.78, 5) is 25.9. The first-order valence-electron chi connectivity index (χ1n) is 8.19. The maximum absolute atomic E-state index is 12.7. The summed E-state index contributed by atoms with van der Waals surface area (Å²) in [7, 11) is 1.64. The van der Waals surface area contributed by atoms with Gasteiger partial charge in [-0.1, -0.05) is 30.7 Å². The third-order valence-corrected chi connectivity index (χ3v) is 5.12. The average Bonchev–Trinajstić information content (AvgIpc) is 3.07. The standard InChI is InChI=1S/C18H23NO4/c1-23-11-13-5-2-4-12(8-13)9-16(20)19-10-14-6-3-7-15(14)17(19)18(21)22/h2,4-5,8,14-15,17H,3,6-7,9-11H2,1H3,(H,21,22). The maximum Gasteiger partial charge on any atom is 0.326 e. The number of hydrogen-bond acceptors (Lipinski definition) is 3. The molecule has 1 saturated carbocycles. The highest BCUT2D eigenvalue weighted by Crippen LogP contribution is 2.42. The number of amides is 1. The number of carbonyl (C=O) groups is 2. The van der Waals surface area contributed by atoms with Crippen molar-refractivity contribution in [1.82, 2.24) is 4.90 Å². The van der Waals surface area contributed by atoms with E-state index < -0.39 is 12.0 Å². The van der Waals surface area contributed by atoms with Crippen molar-refractivity contribution < 1.29 is 19.4 Å². The van der Waals surface area contributed by atoms with Gasteiger partial charge in [0.1, 0.15) is 6.04 Å². The van der Waals surface area contributed by atoms with Gasteiger partial charge in [0, 0.05) is 13.7 Å². The number of methoxy groups -OCH3 is 1. The van der Waals surface area contributed by atoms with Gasteiger partial charge in [0.15, 0.2) is 0 Å². The van der Waals surface area contributed by atoms with E-state index in [2.05, 4.69) is 0 Å². The molecule has 3 unspecified atom stereocenters. The lowest BCUT2D eigenvalue weighted by atomic mass is 9.94. The zero-order valence-corrected chi connectivity index (χ0v) is 13.4. The summed E-state index contributed by atoms with van der Waals surface area (Å²) in [5.41, 5.74) is 1.93. The van der Waals surface area contributed by atoms with Gasteiger partial charge in [-0.3, -0.25) is 4.79 Å². The molecule has 23 heavy (non-hydrogen) atoms. The predicted molar refractivity (Wildman–Crippen MR) is 84.8 cm³/mol. The quantitative estimate of drug-likeness (QED) is 0.903. The Kier molecular flexibility index (Phi) is 4.66. The van der Waals surface area contributed by atoms with Crippen LogP contribution in [0.2, 0.25) is 0 Å². The van der Waals surface area contributed by atoms with Gasteiger partial charge < -0.3 is 14.7 Å². The van der Waals surface area contributed by atoms with Crippen LogP contribution < -0.4 is 0 Å². The first-order valence-corrected chi connectivity index (χ1v) is 8.19. The summed E-state index contributed by atoms with van der Waals surface area (Å²) in [5.74, 6) is -0.446. The van der Waals surface area contributed by atoms with Crippen LogP contribution in [0.1, 0.15) is 30.4 Å². The molecule has 1 saturated heterocycles. The molecular weight excluding hydrogens is 294 g/mol. The molecule has 2 fully saturated rings. The topological polar surface area (TPSA) is 66.8 Å². The van der Waals surface area contributed by atoms with E-state index in [1.807, 2.05) is 24.3 Å². The molecule has 1 aromatic carbocycles. The average molecular weight is 317 g/mol. The molecule has 1 N–H and O–H groups in total. The third-order valence-electron chi connectivity index (χ3n) is 5.12. The zero-order chi connectivity index (χ0) is 16.4. The van der Waals surface area contributed by atoms with Crippen molar-refractivity contribution in [3.05, 3.63) is 35.4 Å². The molecule has 5 nitrogen and oxygen atoms in total. The van der Waals surface area contributed by atoms with E-state index in [9.17, 15) is 14.7 Å². The number of benzene rings is 1. The third kappa shape index (κ3) is 3.24. The smallest absolute Gasteiger partial charge is 0.326 e. The molecule has 3 rings (SSSR count). The second-order valence-electron chi connectivity index (χ2n) is 6.61. The van der Waals surface area contributed by atoms with Crippen molar-refractivity contribution in [2.75, 3.05) is 13.7 Å². The Morgan fingerprint density at radius 3 is 2.83 bits per heavy atom. The summed E-state index contributed by atoms with van der Waals surface area (Å²) in [6.07, 6.45) is 3.30. The summed E-state index contributed by atoms with van der Waals surface area (Å²) in [6.45, 7) is 1.10. The van der Waals surface area contributed by atoms with Crippen LogP contribution in [0.4, 0.5) is 0 Å². The SMILES string of the molecule is COCc1cccc(CC(=O)N2CC3CCCC3C2C(=O)O)c1. The highest BCUT2D eigenvalue weighted by Gasteiger charge is 2.49. The van der Waals surface area contributed by atoms with Crippen molar-refractivity contribution in [3.8, 4) is 0 Å². The number of carboxylic acids is 1. The first kappa shape index (κ1) is 16.0. The number of likely N-dealkylation sites (tertiary alicyclic amines) is 1. The predicted octanol–water partition coefficient (Wildman–Crippen LogP) is 2.09. The lowest BCUT2D eigenvalue weighted by Gasteiger charge is -2.24. The van der Waals surface area contributed by atoms with Crippen LogP contribution in [0, 0.1) is 11.8 Å². The minimum absolute atomic E-state index is 0.0821.